The standard InChI is InChI=1S/C20H24N2O2/c21-20(23)18(15-8-3-1-4-9-15)22-14-17-12-7-13-24-19(17)16-10-5-2-6-11-16/h1-6,8-11,17-19,22H,7,12-14H2,(H2,21,23). The number of ether oxygens (including phenoxy) is 1. The number of carbonyl (C=O) groups is 1. The fraction of sp³-hybridized carbons (Fsp3) is 0.350. The molecule has 1 aliphatic heterocycles. The lowest BCUT2D eigenvalue weighted by Gasteiger charge is -2.33. The fourth-order valence-corrected chi connectivity index (χ4v) is 3.36. The molecule has 3 atom stereocenters. The van der Waals surface area contributed by atoms with Gasteiger partial charge in [0.25, 0.3) is 0 Å². The molecule has 3 N–H and O–H groups in total. The molecule has 2 aromatic carbocycles. The number of benzene rings is 2. The van der Waals surface area contributed by atoms with E-state index in [1.165, 1.54) is 5.56 Å². The van der Waals surface area contributed by atoms with Crippen LogP contribution in [0.5, 0.6) is 0 Å². The van der Waals surface area contributed by atoms with Crippen molar-refractivity contribution in [2.24, 2.45) is 11.7 Å². The van der Waals surface area contributed by atoms with Gasteiger partial charge in [0.05, 0.1) is 6.10 Å². The van der Waals surface area contributed by atoms with Crippen LogP contribution in [-0.2, 0) is 9.53 Å². The number of nitrogens with two attached hydrogens (primary N) is 1. The highest BCUT2D eigenvalue weighted by molar-refractivity contribution is 5.81. The zero-order valence-electron chi connectivity index (χ0n) is 13.7. The molecule has 1 fully saturated rings. The number of nitrogens with one attached hydrogen (secondary N) is 1. The summed E-state index contributed by atoms with van der Waals surface area (Å²) in [5.74, 6) is -0.0269. The molecule has 3 unspecified atom stereocenters. The Morgan fingerprint density at radius 2 is 1.79 bits per heavy atom. The van der Waals surface area contributed by atoms with Crippen LogP contribution in [0.4, 0.5) is 0 Å². The van der Waals surface area contributed by atoms with Gasteiger partial charge in [-0.1, -0.05) is 60.7 Å². The van der Waals surface area contributed by atoms with E-state index in [-0.39, 0.29) is 12.0 Å². The van der Waals surface area contributed by atoms with Crippen LogP contribution in [0.25, 0.3) is 0 Å². The molecule has 1 amide bonds. The highest BCUT2D eigenvalue weighted by atomic mass is 16.5. The van der Waals surface area contributed by atoms with Crippen molar-refractivity contribution in [2.45, 2.75) is 25.0 Å². The predicted octanol–water partition coefficient (Wildman–Crippen LogP) is 2.97. The molecular formula is C20H24N2O2. The van der Waals surface area contributed by atoms with E-state index in [0.717, 1.165) is 25.0 Å². The Bertz CT molecular complexity index is 645. The van der Waals surface area contributed by atoms with Crippen LogP contribution in [0.3, 0.4) is 0 Å². The summed E-state index contributed by atoms with van der Waals surface area (Å²) in [4.78, 5) is 11.9. The molecule has 3 rings (SSSR count). The van der Waals surface area contributed by atoms with E-state index in [4.69, 9.17) is 10.5 Å². The molecule has 126 valence electrons. The molecule has 1 heterocycles. The molecule has 0 aliphatic carbocycles. The largest absolute Gasteiger partial charge is 0.373 e. The molecular weight excluding hydrogens is 300 g/mol. The Morgan fingerprint density at radius 3 is 2.46 bits per heavy atom. The minimum atomic E-state index is -0.468. The van der Waals surface area contributed by atoms with Crippen molar-refractivity contribution < 1.29 is 9.53 Å². The van der Waals surface area contributed by atoms with Gasteiger partial charge in [-0.25, -0.2) is 0 Å². The topological polar surface area (TPSA) is 64.4 Å². The first-order chi connectivity index (χ1) is 11.8. The van der Waals surface area contributed by atoms with Gasteiger partial charge < -0.3 is 15.8 Å². The molecule has 0 saturated carbocycles. The Hall–Kier alpha value is -2.17. The predicted molar refractivity (Wildman–Crippen MR) is 94.2 cm³/mol. The second-order valence-electron chi connectivity index (χ2n) is 6.26. The zero-order valence-corrected chi connectivity index (χ0v) is 13.7. The lowest BCUT2D eigenvalue weighted by atomic mass is 9.89. The number of hydrogen-bond donors (Lipinski definition) is 2. The molecule has 4 heteroatoms. The summed E-state index contributed by atoms with van der Waals surface area (Å²) in [7, 11) is 0. The van der Waals surface area contributed by atoms with Gasteiger partial charge in [-0.3, -0.25) is 4.79 Å². The van der Waals surface area contributed by atoms with Crippen LogP contribution >= 0.6 is 0 Å². The number of amides is 1. The van der Waals surface area contributed by atoms with Crippen LogP contribution in [0.2, 0.25) is 0 Å². The van der Waals surface area contributed by atoms with Crippen LogP contribution in [-0.4, -0.2) is 19.1 Å². The van der Waals surface area contributed by atoms with Crippen molar-refractivity contribution in [3.8, 4) is 0 Å². The van der Waals surface area contributed by atoms with Crippen LogP contribution in [0, 0.1) is 5.92 Å². The summed E-state index contributed by atoms with van der Waals surface area (Å²) < 4.78 is 6.02. The average molecular weight is 324 g/mol. The van der Waals surface area contributed by atoms with Crippen molar-refractivity contribution in [2.75, 3.05) is 13.2 Å². The summed E-state index contributed by atoms with van der Waals surface area (Å²) in [6, 6.07) is 19.4. The maximum absolute atomic E-state index is 11.9. The first kappa shape index (κ1) is 16.7. The summed E-state index contributed by atoms with van der Waals surface area (Å²) in [6.45, 7) is 1.48. The van der Waals surface area contributed by atoms with E-state index in [2.05, 4.69) is 17.4 Å². The minimum absolute atomic E-state index is 0.0664. The van der Waals surface area contributed by atoms with Gasteiger partial charge in [0.15, 0.2) is 0 Å². The number of hydrogen-bond acceptors (Lipinski definition) is 3. The molecule has 0 aromatic heterocycles. The average Bonchev–Trinajstić information content (AvgIpc) is 2.64. The second-order valence-corrected chi connectivity index (χ2v) is 6.26. The van der Waals surface area contributed by atoms with Gasteiger partial charge in [0.2, 0.25) is 5.91 Å². The molecule has 0 radical (unpaired) electrons. The highest BCUT2D eigenvalue weighted by Crippen LogP contribution is 2.33. The second kappa shape index (κ2) is 8.08. The minimum Gasteiger partial charge on any atom is -0.373 e. The normalized spacial score (nSPS) is 22.0. The molecule has 0 spiro atoms. The maximum Gasteiger partial charge on any atom is 0.239 e. The van der Waals surface area contributed by atoms with E-state index in [0.29, 0.717) is 12.5 Å². The highest BCUT2D eigenvalue weighted by Gasteiger charge is 2.28. The van der Waals surface area contributed by atoms with E-state index < -0.39 is 6.04 Å². The SMILES string of the molecule is NC(=O)C(NCC1CCCOC1c1ccccc1)c1ccccc1. The molecule has 0 bridgehead atoms. The molecule has 4 nitrogen and oxygen atoms in total. The number of rotatable bonds is 6. The van der Waals surface area contributed by atoms with Crippen molar-refractivity contribution in [1.82, 2.24) is 5.32 Å². The van der Waals surface area contributed by atoms with E-state index in [1.54, 1.807) is 0 Å². The van der Waals surface area contributed by atoms with E-state index in [9.17, 15) is 4.79 Å². The van der Waals surface area contributed by atoms with Gasteiger partial charge in [0, 0.05) is 19.1 Å². The molecule has 24 heavy (non-hydrogen) atoms. The monoisotopic (exact) mass is 324 g/mol. The van der Waals surface area contributed by atoms with Crippen molar-refractivity contribution >= 4 is 5.91 Å². The van der Waals surface area contributed by atoms with Gasteiger partial charge in [-0.2, -0.15) is 0 Å². The third kappa shape index (κ3) is 4.02. The van der Waals surface area contributed by atoms with E-state index >= 15 is 0 Å². The smallest absolute Gasteiger partial charge is 0.239 e. The van der Waals surface area contributed by atoms with Crippen molar-refractivity contribution in [3.63, 3.8) is 0 Å². The zero-order chi connectivity index (χ0) is 16.8. The van der Waals surface area contributed by atoms with Crippen LogP contribution < -0.4 is 11.1 Å². The van der Waals surface area contributed by atoms with Gasteiger partial charge in [0.1, 0.15) is 6.04 Å². The maximum atomic E-state index is 11.9. The summed E-state index contributed by atoms with van der Waals surface area (Å²) >= 11 is 0. The first-order valence-electron chi connectivity index (χ1n) is 8.50. The lowest BCUT2D eigenvalue weighted by molar-refractivity contribution is -0.120. The van der Waals surface area contributed by atoms with Gasteiger partial charge in [-0.15, -0.1) is 0 Å². The number of primary amides is 1. The van der Waals surface area contributed by atoms with Crippen LogP contribution in [0.1, 0.15) is 36.1 Å². The van der Waals surface area contributed by atoms with Crippen molar-refractivity contribution in [1.29, 1.82) is 0 Å². The Kier molecular flexibility index (Phi) is 5.62. The third-order valence-corrected chi connectivity index (χ3v) is 4.57. The summed E-state index contributed by atoms with van der Waals surface area (Å²) in [5.41, 5.74) is 7.69. The van der Waals surface area contributed by atoms with E-state index in [1.807, 2.05) is 48.5 Å². The Morgan fingerprint density at radius 1 is 1.12 bits per heavy atom. The fourth-order valence-electron chi connectivity index (χ4n) is 3.36. The van der Waals surface area contributed by atoms with Gasteiger partial charge >= 0.3 is 0 Å². The van der Waals surface area contributed by atoms with Gasteiger partial charge in [-0.05, 0) is 24.0 Å². The quantitative estimate of drug-likeness (QED) is 0.858. The summed E-state index contributed by atoms with van der Waals surface area (Å²) in [6.07, 6.45) is 2.19. The lowest BCUT2D eigenvalue weighted by Crippen LogP contribution is -2.39. The number of carbonyl (C=O) groups excluding carboxylic acids is 1. The Balaban J connectivity index is 1.70. The summed E-state index contributed by atoms with van der Waals surface area (Å²) in [5, 5.41) is 3.35. The van der Waals surface area contributed by atoms with Crippen molar-refractivity contribution in [3.05, 3.63) is 71.8 Å². The molecule has 1 saturated heterocycles. The first-order valence-corrected chi connectivity index (χ1v) is 8.50. The molecule has 2 aromatic rings. The van der Waals surface area contributed by atoms with Crippen LogP contribution in [0.15, 0.2) is 60.7 Å². The molecule has 1 aliphatic rings. The third-order valence-electron chi connectivity index (χ3n) is 4.57. The Labute approximate surface area is 143 Å².